The molecule has 1 amide bonds. The zero-order valence-electron chi connectivity index (χ0n) is 16.2. The topological polar surface area (TPSA) is 73.9 Å². The molecule has 3 heterocycles. The van der Waals surface area contributed by atoms with E-state index >= 15 is 0 Å². The third-order valence-corrected chi connectivity index (χ3v) is 5.34. The number of rotatable bonds is 4. The fourth-order valence-electron chi connectivity index (χ4n) is 3.75. The van der Waals surface area contributed by atoms with Crippen LogP contribution in [0.4, 0.5) is 24.5 Å². The highest BCUT2D eigenvalue weighted by Gasteiger charge is 2.31. The van der Waals surface area contributed by atoms with Crippen LogP contribution >= 0.6 is 0 Å². The fourth-order valence-corrected chi connectivity index (χ4v) is 3.75. The van der Waals surface area contributed by atoms with E-state index in [1.165, 1.54) is 6.20 Å². The summed E-state index contributed by atoms with van der Waals surface area (Å²) < 4.78 is 38.6. The van der Waals surface area contributed by atoms with Crippen molar-refractivity contribution >= 4 is 17.3 Å². The molecule has 1 fully saturated rings. The lowest BCUT2D eigenvalue weighted by molar-refractivity contribution is -0.137. The minimum Gasteiger partial charge on any atom is -0.368 e. The number of carbonyl (C=O) groups excluding carboxylic acids is 1. The van der Waals surface area contributed by atoms with Crippen molar-refractivity contribution in [2.45, 2.75) is 25.4 Å². The molecular formula is C21H20F3N5O. The van der Waals surface area contributed by atoms with Crippen molar-refractivity contribution in [3.05, 3.63) is 71.3 Å². The van der Waals surface area contributed by atoms with Crippen molar-refractivity contribution in [1.82, 2.24) is 15.2 Å². The second-order valence-electron chi connectivity index (χ2n) is 7.37. The minimum atomic E-state index is -4.52. The molecule has 30 heavy (non-hydrogen) atoms. The van der Waals surface area contributed by atoms with Crippen LogP contribution in [0.15, 0.2) is 49.1 Å². The van der Waals surface area contributed by atoms with Gasteiger partial charge in [0.05, 0.1) is 29.3 Å². The Kier molecular flexibility index (Phi) is 5.19. The van der Waals surface area contributed by atoms with Crippen LogP contribution in [0.25, 0.3) is 0 Å². The zero-order chi connectivity index (χ0) is 21.3. The number of pyridine rings is 1. The van der Waals surface area contributed by atoms with Crippen molar-refractivity contribution < 1.29 is 18.0 Å². The van der Waals surface area contributed by atoms with Gasteiger partial charge in [0, 0.05) is 37.0 Å². The van der Waals surface area contributed by atoms with Gasteiger partial charge >= 0.3 is 6.18 Å². The van der Waals surface area contributed by atoms with Crippen molar-refractivity contribution in [1.29, 1.82) is 0 Å². The van der Waals surface area contributed by atoms with Gasteiger partial charge < -0.3 is 10.2 Å². The van der Waals surface area contributed by atoms with Crippen LogP contribution in [-0.4, -0.2) is 34.2 Å². The third-order valence-electron chi connectivity index (χ3n) is 5.34. The number of benzene rings is 1. The summed E-state index contributed by atoms with van der Waals surface area (Å²) >= 11 is 0. The van der Waals surface area contributed by atoms with E-state index < -0.39 is 17.6 Å². The highest BCUT2D eigenvalue weighted by atomic mass is 19.4. The number of anilines is 2. The van der Waals surface area contributed by atoms with Gasteiger partial charge in [-0.15, -0.1) is 0 Å². The summed E-state index contributed by atoms with van der Waals surface area (Å²) in [5, 5.41) is 9.31. The Balaban J connectivity index is 1.51. The molecule has 4 rings (SSSR count). The molecule has 6 nitrogen and oxygen atoms in total. The number of carbonyl (C=O) groups is 1. The summed E-state index contributed by atoms with van der Waals surface area (Å²) in [6.45, 7) is 3.69. The number of nitrogens with one attached hydrogen (secondary N) is 2. The number of aryl methyl sites for hydroxylation is 1. The van der Waals surface area contributed by atoms with Crippen LogP contribution in [0.5, 0.6) is 0 Å². The number of H-pyrrole nitrogens is 1. The SMILES string of the molecule is Cc1ccc(C(=O)Nc2cncc(C(F)(F)F)c2)cc1[C@@H]1CCN(c2cn[nH]c2)C1. The first-order valence-electron chi connectivity index (χ1n) is 9.49. The Bertz CT molecular complexity index is 1050. The normalized spacial score (nSPS) is 16.7. The maximum absolute atomic E-state index is 12.9. The van der Waals surface area contributed by atoms with E-state index in [0.29, 0.717) is 5.56 Å². The van der Waals surface area contributed by atoms with Crippen molar-refractivity contribution in [2.75, 3.05) is 23.3 Å². The van der Waals surface area contributed by atoms with E-state index in [1.807, 2.05) is 25.3 Å². The molecule has 0 spiro atoms. The molecular weight excluding hydrogens is 395 g/mol. The first-order chi connectivity index (χ1) is 14.3. The molecule has 1 aromatic carbocycles. The third kappa shape index (κ3) is 4.14. The van der Waals surface area contributed by atoms with Gasteiger partial charge in [-0.1, -0.05) is 6.07 Å². The van der Waals surface area contributed by atoms with Crippen LogP contribution in [-0.2, 0) is 6.18 Å². The molecule has 0 bridgehead atoms. The maximum atomic E-state index is 12.9. The number of hydrogen-bond donors (Lipinski definition) is 2. The van der Waals surface area contributed by atoms with Crippen molar-refractivity contribution in [2.24, 2.45) is 0 Å². The van der Waals surface area contributed by atoms with Crippen LogP contribution in [0.3, 0.4) is 0 Å². The van der Waals surface area contributed by atoms with Gasteiger partial charge in [-0.05, 0) is 42.7 Å². The van der Waals surface area contributed by atoms with E-state index in [2.05, 4.69) is 25.4 Å². The summed E-state index contributed by atoms with van der Waals surface area (Å²) in [7, 11) is 0. The Morgan fingerprint density at radius 2 is 2.07 bits per heavy atom. The Hall–Kier alpha value is -3.36. The van der Waals surface area contributed by atoms with Crippen LogP contribution in [0.1, 0.15) is 39.4 Å². The van der Waals surface area contributed by atoms with E-state index in [4.69, 9.17) is 0 Å². The van der Waals surface area contributed by atoms with Gasteiger partial charge in [-0.3, -0.25) is 14.9 Å². The monoisotopic (exact) mass is 415 g/mol. The quantitative estimate of drug-likeness (QED) is 0.663. The van der Waals surface area contributed by atoms with E-state index in [0.717, 1.165) is 48.6 Å². The van der Waals surface area contributed by atoms with Gasteiger partial charge in [0.15, 0.2) is 0 Å². The van der Waals surface area contributed by atoms with E-state index in [9.17, 15) is 18.0 Å². The van der Waals surface area contributed by atoms with Gasteiger partial charge in [-0.2, -0.15) is 18.3 Å². The number of nitrogens with zero attached hydrogens (tertiary/aromatic N) is 3. The standard InChI is InChI=1S/C21H20F3N5O/c1-13-2-3-14(20(30)28-17-7-16(8-25-9-17)21(22,23)24)6-19(13)15-4-5-29(12-15)18-10-26-27-11-18/h2-3,6-11,15H,4-5,12H2,1H3,(H,26,27)(H,28,30)/t15-/m1/s1. The largest absolute Gasteiger partial charge is 0.417 e. The summed E-state index contributed by atoms with van der Waals surface area (Å²) in [6, 6.07) is 6.25. The van der Waals surface area contributed by atoms with Crippen LogP contribution in [0, 0.1) is 6.92 Å². The number of hydrogen-bond acceptors (Lipinski definition) is 4. The smallest absolute Gasteiger partial charge is 0.368 e. The lowest BCUT2D eigenvalue weighted by Gasteiger charge is -2.18. The lowest BCUT2D eigenvalue weighted by Crippen LogP contribution is -2.19. The molecule has 156 valence electrons. The van der Waals surface area contributed by atoms with E-state index in [1.54, 1.807) is 12.3 Å². The first kappa shape index (κ1) is 19.9. The zero-order valence-corrected chi connectivity index (χ0v) is 16.2. The van der Waals surface area contributed by atoms with Gasteiger partial charge in [-0.25, -0.2) is 0 Å². The second-order valence-corrected chi connectivity index (χ2v) is 7.37. The van der Waals surface area contributed by atoms with Gasteiger partial charge in [0.25, 0.3) is 5.91 Å². The number of aromatic nitrogens is 3. The molecule has 0 radical (unpaired) electrons. The highest BCUT2D eigenvalue weighted by Crippen LogP contribution is 2.33. The molecule has 0 aliphatic carbocycles. The van der Waals surface area contributed by atoms with E-state index in [-0.39, 0.29) is 11.6 Å². The minimum absolute atomic E-state index is 0.00366. The molecule has 0 saturated carbocycles. The van der Waals surface area contributed by atoms with Crippen LogP contribution < -0.4 is 10.2 Å². The number of amides is 1. The number of halogens is 3. The Labute approximate surface area is 171 Å². The van der Waals surface area contributed by atoms with Crippen molar-refractivity contribution in [3.63, 3.8) is 0 Å². The number of alkyl halides is 3. The summed E-state index contributed by atoms with van der Waals surface area (Å²) in [5.74, 6) is -0.218. The molecule has 9 heteroatoms. The first-order valence-corrected chi connectivity index (χ1v) is 9.49. The summed E-state index contributed by atoms with van der Waals surface area (Å²) in [5.41, 5.74) is 2.66. The summed E-state index contributed by atoms with van der Waals surface area (Å²) in [6.07, 6.45) is 1.97. The fraction of sp³-hybridized carbons (Fsp3) is 0.286. The molecule has 2 N–H and O–H groups in total. The molecule has 1 atom stereocenters. The number of aromatic amines is 1. The van der Waals surface area contributed by atoms with Gasteiger partial charge in [0.2, 0.25) is 0 Å². The molecule has 2 aromatic heterocycles. The average molecular weight is 415 g/mol. The molecule has 0 unspecified atom stereocenters. The molecule has 1 aliphatic rings. The predicted molar refractivity (Wildman–Crippen MR) is 107 cm³/mol. The Morgan fingerprint density at radius 3 is 2.80 bits per heavy atom. The Morgan fingerprint density at radius 1 is 1.23 bits per heavy atom. The van der Waals surface area contributed by atoms with Gasteiger partial charge in [0.1, 0.15) is 0 Å². The summed E-state index contributed by atoms with van der Waals surface area (Å²) in [4.78, 5) is 18.5. The average Bonchev–Trinajstić information content (AvgIpc) is 3.40. The lowest BCUT2D eigenvalue weighted by atomic mass is 9.92. The highest BCUT2D eigenvalue weighted by molar-refractivity contribution is 6.04. The van der Waals surface area contributed by atoms with Crippen LogP contribution in [0.2, 0.25) is 0 Å². The predicted octanol–water partition coefficient (Wildman–Crippen LogP) is 4.38. The van der Waals surface area contributed by atoms with Crippen molar-refractivity contribution in [3.8, 4) is 0 Å². The maximum Gasteiger partial charge on any atom is 0.417 e. The molecule has 3 aromatic rings. The second kappa shape index (κ2) is 7.81. The molecule has 1 saturated heterocycles. The molecule has 1 aliphatic heterocycles.